The standard InChI is InChI=1S/C16H26N4O3S/c1-18(2)13-14-5-6-15(17-12-14)16-4-3-7-20(16)24(21,22)19-8-10-23-11-9-19/h5-6,12,16H,3-4,7-11,13H2,1-2H3. The lowest BCUT2D eigenvalue weighted by molar-refractivity contribution is 0.0698. The lowest BCUT2D eigenvalue weighted by Gasteiger charge is -2.32. The van der Waals surface area contributed by atoms with E-state index in [1.165, 1.54) is 4.31 Å². The Balaban J connectivity index is 1.77. The van der Waals surface area contributed by atoms with E-state index in [4.69, 9.17) is 4.74 Å². The van der Waals surface area contributed by atoms with Gasteiger partial charge < -0.3 is 9.64 Å². The summed E-state index contributed by atoms with van der Waals surface area (Å²) in [6.45, 7) is 3.19. The number of hydrogen-bond donors (Lipinski definition) is 0. The number of nitrogens with zero attached hydrogens (tertiary/aromatic N) is 4. The quantitative estimate of drug-likeness (QED) is 0.785. The number of morpholine rings is 1. The molecule has 0 spiro atoms. The zero-order chi connectivity index (χ0) is 17.2. The van der Waals surface area contributed by atoms with Crippen LogP contribution in [0, 0.1) is 0 Å². The van der Waals surface area contributed by atoms with Gasteiger partial charge in [0.25, 0.3) is 10.2 Å². The molecule has 0 saturated carbocycles. The highest BCUT2D eigenvalue weighted by molar-refractivity contribution is 7.86. The van der Waals surface area contributed by atoms with E-state index in [2.05, 4.69) is 9.88 Å². The average molecular weight is 354 g/mol. The largest absolute Gasteiger partial charge is 0.379 e. The van der Waals surface area contributed by atoms with Crippen molar-refractivity contribution in [3.05, 3.63) is 29.6 Å². The first-order chi connectivity index (χ1) is 11.5. The number of ether oxygens (including phenoxy) is 1. The summed E-state index contributed by atoms with van der Waals surface area (Å²) in [6.07, 6.45) is 3.55. The Morgan fingerprint density at radius 2 is 2.00 bits per heavy atom. The second-order valence-corrected chi connectivity index (χ2v) is 8.50. The molecule has 7 nitrogen and oxygen atoms in total. The molecule has 3 rings (SSSR count). The summed E-state index contributed by atoms with van der Waals surface area (Å²) < 4.78 is 34.3. The highest BCUT2D eigenvalue weighted by Crippen LogP contribution is 2.34. The highest BCUT2D eigenvalue weighted by Gasteiger charge is 2.39. The summed E-state index contributed by atoms with van der Waals surface area (Å²) in [6, 6.07) is 3.85. The molecule has 1 unspecified atom stereocenters. The number of pyridine rings is 1. The molecule has 134 valence electrons. The smallest absolute Gasteiger partial charge is 0.282 e. The normalized spacial score (nSPS) is 23.9. The molecule has 2 saturated heterocycles. The lowest BCUT2D eigenvalue weighted by atomic mass is 10.1. The maximum Gasteiger partial charge on any atom is 0.282 e. The van der Waals surface area contributed by atoms with Crippen LogP contribution < -0.4 is 0 Å². The maximum absolute atomic E-state index is 12.9. The molecule has 2 aliphatic heterocycles. The molecular weight excluding hydrogens is 328 g/mol. The van der Waals surface area contributed by atoms with E-state index in [1.807, 2.05) is 32.4 Å². The van der Waals surface area contributed by atoms with Crippen molar-refractivity contribution in [1.29, 1.82) is 0 Å². The fraction of sp³-hybridized carbons (Fsp3) is 0.688. The highest BCUT2D eigenvalue weighted by atomic mass is 32.2. The molecule has 8 heteroatoms. The fourth-order valence-corrected chi connectivity index (χ4v) is 5.13. The molecule has 2 fully saturated rings. The first kappa shape index (κ1) is 17.8. The molecule has 0 bridgehead atoms. The van der Waals surface area contributed by atoms with E-state index < -0.39 is 10.2 Å². The van der Waals surface area contributed by atoms with Crippen LogP contribution in [0.1, 0.15) is 30.1 Å². The lowest BCUT2D eigenvalue weighted by Crippen LogP contribution is -2.48. The Labute approximate surface area is 144 Å². The maximum atomic E-state index is 12.9. The van der Waals surface area contributed by atoms with E-state index in [-0.39, 0.29) is 6.04 Å². The predicted molar refractivity (Wildman–Crippen MR) is 91.6 cm³/mol. The van der Waals surface area contributed by atoms with Crippen molar-refractivity contribution in [3.63, 3.8) is 0 Å². The molecule has 0 aliphatic carbocycles. The van der Waals surface area contributed by atoms with Gasteiger partial charge in [-0.25, -0.2) is 0 Å². The second kappa shape index (κ2) is 7.45. The summed E-state index contributed by atoms with van der Waals surface area (Å²) in [7, 11) is 0.581. The van der Waals surface area contributed by atoms with E-state index >= 15 is 0 Å². The molecule has 0 N–H and O–H groups in total. The Morgan fingerprint density at radius 1 is 1.25 bits per heavy atom. The number of rotatable bonds is 5. The Morgan fingerprint density at radius 3 is 2.62 bits per heavy atom. The first-order valence-electron chi connectivity index (χ1n) is 8.43. The molecule has 0 amide bonds. The minimum absolute atomic E-state index is 0.161. The zero-order valence-electron chi connectivity index (χ0n) is 14.4. The van der Waals surface area contributed by atoms with Crippen molar-refractivity contribution in [2.75, 3.05) is 46.9 Å². The predicted octanol–water partition coefficient (Wildman–Crippen LogP) is 0.857. The first-order valence-corrected chi connectivity index (χ1v) is 9.82. The zero-order valence-corrected chi connectivity index (χ0v) is 15.2. The summed E-state index contributed by atoms with van der Waals surface area (Å²) >= 11 is 0. The Hall–Kier alpha value is -1.06. The molecule has 0 aromatic carbocycles. The van der Waals surface area contributed by atoms with E-state index in [1.54, 1.807) is 4.31 Å². The molecule has 1 aromatic heterocycles. The van der Waals surface area contributed by atoms with Crippen LogP contribution in [0.5, 0.6) is 0 Å². The van der Waals surface area contributed by atoms with Gasteiger partial charge in [0.15, 0.2) is 0 Å². The Bertz CT molecular complexity index is 642. The van der Waals surface area contributed by atoms with E-state index in [9.17, 15) is 8.42 Å². The molecule has 1 aromatic rings. The van der Waals surface area contributed by atoms with Crippen LogP contribution in [0.2, 0.25) is 0 Å². The molecule has 24 heavy (non-hydrogen) atoms. The van der Waals surface area contributed by atoms with E-state index in [0.29, 0.717) is 32.8 Å². The van der Waals surface area contributed by atoms with Crippen molar-refractivity contribution >= 4 is 10.2 Å². The number of aromatic nitrogens is 1. The van der Waals surface area contributed by atoms with Crippen molar-refractivity contribution < 1.29 is 13.2 Å². The van der Waals surface area contributed by atoms with Crippen molar-refractivity contribution in [2.24, 2.45) is 0 Å². The van der Waals surface area contributed by atoms with Gasteiger partial charge in [-0.15, -0.1) is 0 Å². The van der Waals surface area contributed by atoms with Gasteiger partial charge in [0.05, 0.1) is 24.9 Å². The molecule has 2 aliphatic rings. The summed E-state index contributed by atoms with van der Waals surface area (Å²) in [5.74, 6) is 0. The minimum Gasteiger partial charge on any atom is -0.379 e. The van der Waals surface area contributed by atoms with Gasteiger partial charge in [0, 0.05) is 32.4 Å². The third-order valence-electron chi connectivity index (χ3n) is 4.48. The van der Waals surface area contributed by atoms with Crippen LogP contribution in [0.3, 0.4) is 0 Å². The van der Waals surface area contributed by atoms with Crippen LogP contribution in [0.15, 0.2) is 18.3 Å². The van der Waals surface area contributed by atoms with Crippen molar-refractivity contribution in [1.82, 2.24) is 18.5 Å². The van der Waals surface area contributed by atoms with E-state index in [0.717, 1.165) is 30.6 Å². The summed E-state index contributed by atoms with van der Waals surface area (Å²) in [4.78, 5) is 6.63. The SMILES string of the molecule is CN(C)Cc1ccc(C2CCCN2S(=O)(=O)N2CCOCC2)nc1. The topological polar surface area (TPSA) is 66.0 Å². The Kier molecular flexibility index (Phi) is 5.51. The monoisotopic (exact) mass is 354 g/mol. The second-order valence-electron chi connectivity index (χ2n) is 6.62. The molecule has 3 heterocycles. The van der Waals surface area contributed by atoms with Crippen LogP contribution in [0.4, 0.5) is 0 Å². The van der Waals surface area contributed by atoms with Crippen molar-refractivity contribution in [3.8, 4) is 0 Å². The van der Waals surface area contributed by atoms with Gasteiger partial charge in [-0.2, -0.15) is 17.0 Å². The van der Waals surface area contributed by atoms with Gasteiger partial charge in [-0.1, -0.05) is 6.07 Å². The molecule has 1 atom stereocenters. The fourth-order valence-electron chi connectivity index (χ4n) is 3.33. The van der Waals surface area contributed by atoms with Gasteiger partial charge in [0.1, 0.15) is 0 Å². The van der Waals surface area contributed by atoms with Crippen LogP contribution >= 0.6 is 0 Å². The minimum atomic E-state index is -3.45. The summed E-state index contributed by atoms with van der Waals surface area (Å²) in [5, 5.41) is 0. The third kappa shape index (κ3) is 3.78. The van der Waals surface area contributed by atoms with Gasteiger partial charge >= 0.3 is 0 Å². The molecular formula is C16H26N4O3S. The van der Waals surface area contributed by atoms with Gasteiger partial charge in [-0.05, 0) is 38.6 Å². The van der Waals surface area contributed by atoms with Crippen LogP contribution in [-0.4, -0.2) is 73.9 Å². The van der Waals surface area contributed by atoms with Crippen LogP contribution in [-0.2, 0) is 21.5 Å². The van der Waals surface area contributed by atoms with Crippen molar-refractivity contribution in [2.45, 2.75) is 25.4 Å². The number of hydrogen-bond acceptors (Lipinski definition) is 5. The molecule has 0 radical (unpaired) electrons. The average Bonchev–Trinajstić information content (AvgIpc) is 3.06. The van der Waals surface area contributed by atoms with Gasteiger partial charge in [0.2, 0.25) is 0 Å². The third-order valence-corrected chi connectivity index (χ3v) is 6.53. The van der Waals surface area contributed by atoms with Gasteiger partial charge in [-0.3, -0.25) is 4.98 Å². The van der Waals surface area contributed by atoms with Crippen LogP contribution in [0.25, 0.3) is 0 Å². The summed E-state index contributed by atoms with van der Waals surface area (Å²) in [5.41, 5.74) is 1.97.